The Kier molecular flexibility index (Phi) is 3.80. The largest absolute Gasteiger partial charge is 0.394 e. The summed E-state index contributed by atoms with van der Waals surface area (Å²) in [6.07, 6.45) is 0. The molecule has 0 saturated heterocycles. The van der Waals surface area contributed by atoms with E-state index in [1.54, 1.807) is 13.0 Å². The molecule has 1 rings (SSSR count). The average molecular weight is 228 g/mol. The van der Waals surface area contributed by atoms with E-state index >= 15 is 0 Å². The molecule has 15 heavy (non-hydrogen) atoms. The lowest BCUT2D eigenvalue weighted by molar-refractivity contribution is 0.0714. The first-order chi connectivity index (χ1) is 6.91. The molecule has 1 aromatic carbocycles. The molecule has 0 fully saturated rings. The van der Waals surface area contributed by atoms with Crippen LogP contribution in [0.5, 0.6) is 0 Å². The zero-order valence-electron chi connectivity index (χ0n) is 8.81. The summed E-state index contributed by atoms with van der Waals surface area (Å²) >= 11 is 0. The van der Waals surface area contributed by atoms with Gasteiger partial charge in [0.05, 0.1) is 5.56 Å². The van der Waals surface area contributed by atoms with E-state index in [2.05, 4.69) is 4.52 Å². The van der Waals surface area contributed by atoms with E-state index in [4.69, 9.17) is 9.79 Å². The first-order valence-corrected chi connectivity index (χ1v) is 5.56. The predicted molar refractivity (Wildman–Crippen MR) is 57.4 cm³/mol. The van der Waals surface area contributed by atoms with E-state index in [1.165, 1.54) is 0 Å². The summed E-state index contributed by atoms with van der Waals surface area (Å²) in [4.78, 5) is 28.6. The van der Waals surface area contributed by atoms with Crippen molar-refractivity contribution in [3.63, 3.8) is 0 Å². The number of hydrogen-bond donors (Lipinski definition) is 2. The van der Waals surface area contributed by atoms with Crippen molar-refractivity contribution in [2.45, 2.75) is 20.8 Å². The third-order valence-corrected chi connectivity index (χ3v) is 2.55. The van der Waals surface area contributed by atoms with E-state index in [-0.39, 0.29) is 0 Å². The highest BCUT2D eigenvalue weighted by molar-refractivity contribution is 7.40. The monoisotopic (exact) mass is 228 g/mol. The highest BCUT2D eigenvalue weighted by Gasteiger charge is 2.15. The lowest BCUT2D eigenvalue weighted by Crippen LogP contribution is -2.05. The fourth-order valence-electron chi connectivity index (χ4n) is 1.30. The Labute approximate surface area is 89.5 Å². The van der Waals surface area contributed by atoms with Gasteiger partial charge in [0, 0.05) is 0 Å². The van der Waals surface area contributed by atoms with Crippen molar-refractivity contribution in [2.75, 3.05) is 0 Å². The maximum absolute atomic E-state index is 11.4. The summed E-state index contributed by atoms with van der Waals surface area (Å²) in [6.45, 7) is 5.61. The summed E-state index contributed by atoms with van der Waals surface area (Å²) in [5.41, 5.74) is 3.18. The predicted octanol–water partition coefficient (Wildman–Crippen LogP) is 1.98. The molecule has 1 aromatic rings. The molecule has 0 unspecified atom stereocenters. The van der Waals surface area contributed by atoms with Gasteiger partial charge in [-0.2, -0.15) is 0 Å². The highest BCUT2D eigenvalue weighted by atomic mass is 31.2. The number of carbonyl (C=O) groups is 1. The van der Waals surface area contributed by atoms with Crippen LogP contribution in [0.4, 0.5) is 0 Å². The van der Waals surface area contributed by atoms with E-state index < -0.39 is 14.6 Å². The molecule has 0 aliphatic heterocycles. The standard InChI is InChI=1S/C10H13O4P/c1-6-4-8(3)9(5-7(6)2)10(11)14-15(12)13/h4-5,12-13H,1-3H3. The topological polar surface area (TPSA) is 66.8 Å². The Morgan fingerprint density at radius 1 is 1.13 bits per heavy atom. The summed E-state index contributed by atoms with van der Waals surface area (Å²) < 4.78 is 4.35. The molecule has 0 aromatic heterocycles. The minimum absolute atomic E-state index is 0.369. The molecular formula is C10H13O4P. The second-order valence-electron chi connectivity index (χ2n) is 3.38. The molecule has 0 radical (unpaired) electrons. The molecule has 0 bridgehead atoms. The number of hydrogen-bond acceptors (Lipinski definition) is 4. The van der Waals surface area contributed by atoms with Gasteiger partial charge in [-0.05, 0) is 43.5 Å². The number of rotatable bonds is 2. The fraction of sp³-hybridized carbons (Fsp3) is 0.300. The van der Waals surface area contributed by atoms with Crippen LogP contribution in [0.2, 0.25) is 0 Å². The van der Waals surface area contributed by atoms with E-state index in [0.717, 1.165) is 16.7 Å². The Morgan fingerprint density at radius 2 is 1.67 bits per heavy atom. The molecule has 0 heterocycles. The number of aryl methyl sites for hydroxylation is 3. The van der Waals surface area contributed by atoms with E-state index in [0.29, 0.717) is 5.56 Å². The molecule has 0 aliphatic carbocycles. The maximum atomic E-state index is 11.4. The molecule has 0 saturated carbocycles. The van der Waals surface area contributed by atoms with Crippen LogP contribution in [0.3, 0.4) is 0 Å². The molecule has 2 N–H and O–H groups in total. The lowest BCUT2D eigenvalue weighted by atomic mass is 10.0. The molecule has 5 heteroatoms. The van der Waals surface area contributed by atoms with Gasteiger partial charge in [-0.25, -0.2) is 4.79 Å². The van der Waals surface area contributed by atoms with E-state index in [1.807, 2.05) is 19.9 Å². The molecule has 0 amide bonds. The first kappa shape index (κ1) is 12.1. The van der Waals surface area contributed by atoms with Crippen molar-refractivity contribution in [2.24, 2.45) is 0 Å². The molecular weight excluding hydrogens is 215 g/mol. The van der Waals surface area contributed by atoms with Gasteiger partial charge < -0.3 is 14.3 Å². The Hall–Kier alpha value is -0.960. The molecule has 82 valence electrons. The van der Waals surface area contributed by atoms with Crippen LogP contribution in [0.25, 0.3) is 0 Å². The van der Waals surface area contributed by atoms with Crippen LogP contribution in [0.15, 0.2) is 12.1 Å². The van der Waals surface area contributed by atoms with Gasteiger partial charge >= 0.3 is 14.6 Å². The normalized spacial score (nSPS) is 10.5. The van der Waals surface area contributed by atoms with Crippen LogP contribution in [0.1, 0.15) is 27.0 Å². The number of benzene rings is 1. The summed E-state index contributed by atoms with van der Waals surface area (Å²) in [6, 6.07) is 3.55. The zero-order valence-corrected chi connectivity index (χ0v) is 9.71. The van der Waals surface area contributed by atoms with Gasteiger partial charge in [0.15, 0.2) is 0 Å². The Bertz CT molecular complexity index is 387. The zero-order chi connectivity index (χ0) is 11.6. The van der Waals surface area contributed by atoms with Crippen LogP contribution in [-0.4, -0.2) is 15.8 Å². The van der Waals surface area contributed by atoms with Crippen molar-refractivity contribution < 1.29 is 19.1 Å². The molecule has 0 atom stereocenters. The summed E-state index contributed by atoms with van der Waals surface area (Å²) in [5.74, 6) is -0.702. The number of carbonyl (C=O) groups excluding carboxylic acids is 1. The Balaban J connectivity index is 3.04. The third-order valence-electron chi connectivity index (χ3n) is 2.23. The molecule has 0 aliphatic rings. The Morgan fingerprint density at radius 3 is 2.20 bits per heavy atom. The molecule has 0 spiro atoms. The van der Waals surface area contributed by atoms with Crippen molar-refractivity contribution in [3.8, 4) is 0 Å². The third kappa shape index (κ3) is 2.99. The van der Waals surface area contributed by atoms with Crippen LogP contribution in [0, 0.1) is 20.8 Å². The second-order valence-corrected chi connectivity index (χ2v) is 4.07. The SMILES string of the molecule is Cc1cc(C)c(C(=O)OP(O)O)cc1C. The van der Waals surface area contributed by atoms with Crippen molar-refractivity contribution >= 4 is 14.6 Å². The fourth-order valence-corrected chi connectivity index (χ4v) is 1.55. The van der Waals surface area contributed by atoms with Gasteiger partial charge in [-0.15, -0.1) is 0 Å². The minimum atomic E-state index is -2.64. The average Bonchev–Trinajstić information content (AvgIpc) is 2.09. The maximum Gasteiger partial charge on any atom is 0.394 e. The van der Waals surface area contributed by atoms with Gasteiger partial charge in [0.2, 0.25) is 0 Å². The minimum Gasteiger partial charge on any atom is -0.391 e. The summed E-state index contributed by atoms with van der Waals surface area (Å²) in [7, 11) is -2.64. The van der Waals surface area contributed by atoms with Crippen molar-refractivity contribution in [1.82, 2.24) is 0 Å². The van der Waals surface area contributed by atoms with Gasteiger partial charge in [0.1, 0.15) is 0 Å². The lowest BCUT2D eigenvalue weighted by Gasteiger charge is -2.09. The van der Waals surface area contributed by atoms with Gasteiger partial charge in [-0.3, -0.25) is 0 Å². The summed E-state index contributed by atoms with van der Waals surface area (Å²) in [5, 5.41) is 0. The first-order valence-electron chi connectivity index (χ1n) is 4.40. The van der Waals surface area contributed by atoms with Crippen LogP contribution >= 0.6 is 8.60 Å². The van der Waals surface area contributed by atoms with Crippen molar-refractivity contribution in [3.05, 3.63) is 34.4 Å². The van der Waals surface area contributed by atoms with Gasteiger partial charge in [-0.1, -0.05) is 6.07 Å². The van der Waals surface area contributed by atoms with Crippen LogP contribution < -0.4 is 0 Å². The van der Waals surface area contributed by atoms with Crippen molar-refractivity contribution in [1.29, 1.82) is 0 Å². The van der Waals surface area contributed by atoms with E-state index in [9.17, 15) is 4.79 Å². The van der Waals surface area contributed by atoms with Gasteiger partial charge in [0.25, 0.3) is 0 Å². The second kappa shape index (κ2) is 4.71. The quantitative estimate of drug-likeness (QED) is 0.759. The highest BCUT2D eigenvalue weighted by Crippen LogP contribution is 2.27. The van der Waals surface area contributed by atoms with Crippen LogP contribution in [-0.2, 0) is 4.52 Å². The smallest absolute Gasteiger partial charge is 0.391 e. The molecule has 4 nitrogen and oxygen atoms in total.